The fourth-order valence-electron chi connectivity index (χ4n) is 2.93. The Morgan fingerprint density at radius 3 is 2.32 bits per heavy atom. The van der Waals surface area contributed by atoms with Crippen molar-refractivity contribution in [3.8, 4) is 0 Å². The first-order valence-corrected chi connectivity index (χ1v) is 8.53. The molecule has 0 saturated carbocycles. The average Bonchev–Trinajstić information content (AvgIpc) is 3.07. The number of Topliss-reactive ketones (excluding diaryl/α,β-unsaturated/α-hetero) is 1. The number of rotatable bonds is 3. The van der Waals surface area contributed by atoms with Crippen LogP contribution in [0.25, 0.3) is 21.7 Å². The first-order chi connectivity index (χ1) is 12.1. The maximum Gasteiger partial charge on any atom is 0.296 e. The molecule has 1 amide bonds. The number of H-pyrrole nitrogens is 1. The van der Waals surface area contributed by atoms with Crippen molar-refractivity contribution in [3.63, 3.8) is 0 Å². The van der Waals surface area contributed by atoms with Crippen LogP contribution >= 0.6 is 15.9 Å². The van der Waals surface area contributed by atoms with Gasteiger partial charge in [0.25, 0.3) is 11.7 Å². The molecule has 4 aromatic rings. The quantitative estimate of drug-likeness (QED) is 0.384. The predicted octanol–water partition coefficient (Wildman–Crippen LogP) is 4.91. The Labute approximate surface area is 152 Å². The number of aromatic nitrogens is 1. The minimum Gasteiger partial charge on any atom is -0.360 e. The van der Waals surface area contributed by atoms with Crippen molar-refractivity contribution in [2.45, 2.75) is 0 Å². The van der Waals surface area contributed by atoms with Gasteiger partial charge in [0.05, 0.1) is 5.56 Å². The van der Waals surface area contributed by atoms with E-state index in [9.17, 15) is 9.59 Å². The molecule has 4 rings (SSSR count). The number of fused-ring (bicyclic) bond motifs is 2. The Balaban J connectivity index is 1.69. The summed E-state index contributed by atoms with van der Waals surface area (Å²) in [5.74, 6) is -1.22. The molecule has 5 heteroatoms. The van der Waals surface area contributed by atoms with Crippen LogP contribution in [0.15, 0.2) is 71.3 Å². The second-order valence-corrected chi connectivity index (χ2v) is 6.53. The topological polar surface area (TPSA) is 62.0 Å². The van der Waals surface area contributed by atoms with Crippen LogP contribution in [0.4, 0.5) is 5.69 Å². The molecule has 0 spiro atoms. The van der Waals surface area contributed by atoms with Crippen molar-refractivity contribution in [1.29, 1.82) is 0 Å². The highest BCUT2D eigenvalue weighted by Gasteiger charge is 2.20. The highest BCUT2D eigenvalue weighted by atomic mass is 79.9. The number of amides is 1. The SMILES string of the molecule is O=C(Nc1ccc(Br)c2ccccc12)C(=O)c1c[nH]c2ccccc12. The van der Waals surface area contributed by atoms with Crippen molar-refractivity contribution in [2.24, 2.45) is 0 Å². The smallest absolute Gasteiger partial charge is 0.296 e. The molecular weight excluding hydrogens is 380 g/mol. The molecule has 122 valence electrons. The van der Waals surface area contributed by atoms with Crippen molar-refractivity contribution in [1.82, 2.24) is 4.98 Å². The summed E-state index contributed by atoms with van der Waals surface area (Å²) < 4.78 is 0.934. The Kier molecular flexibility index (Phi) is 3.86. The lowest BCUT2D eigenvalue weighted by Crippen LogP contribution is -2.22. The third-order valence-electron chi connectivity index (χ3n) is 4.16. The highest BCUT2D eigenvalue weighted by Crippen LogP contribution is 2.30. The number of halogens is 1. The van der Waals surface area contributed by atoms with Gasteiger partial charge in [-0.1, -0.05) is 58.4 Å². The van der Waals surface area contributed by atoms with Gasteiger partial charge in [-0.2, -0.15) is 0 Å². The van der Waals surface area contributed by atoms with Crippen LogP contribution in [-0.4, -0.2) is 16.7 Å². The molecule has 0 unspecified atom stereocenters. The monoisotopic (exact) mass is 392 g/mol. The van der Waals surface area contributed by atoms with E-state index in [1.54, 1.807) is 12.3 Å². The van der Waals surface area contributed by atoms with E-state index in [2.05, 4.69) is 26.2 Å². The molecule has 0 bridgehead atoms. The third kappa shape index (κ3) is 2.72. The van der Waals surface area contributed by atoms with Crippen molar-refractivity contribution in [2.75, 3.05) is 5.32 Å². The molecular formula is C20H13BrN2O2. The van der Waals surface area contributed by atoms with Gasteiger partial charge in [-0.05, 0) is 23.6 Å². The van der Waals surface area contributed by atoms with Crippen molar-refractivity contribution in [3.05, 3.63) is 76.9 Å². The lowest BCUT2D eigenvalue weighted by molar-refractivity contribution is -0.112. The number of ketones is 1. The molecule has 0 radical (unpaired) electrons. The number of para-hydroxylation sites is 1. The summed E-state index contributed by atoms with van der Waals surface area (Å²) >= 11 is 3.50. The molecule has 2 N–H and O–H groups in total. The van der Waals surface area contributed by atoms with Gasteiger partial charge in [-0.3, -0.25) is 9.59 Å². The van der Waals surface area contributed by atoms with Gasteiger partial charge in [-0.25, -0.2) is 0 Å². The van der Waals surface area contributed by atoms with Crippen LogP contribution < -0.4 is 5.32 Å². The molecule has 0 atom stereocenters. The first-order valence-electron chi connectivity index (χ1n) is 7.74. The Morgan fingerprint density at radius 2 is 1.52 bits per heavy atom. The number of carbonyl (C=O) groups is 2. The van der Waals surface area contributed by atoms with Crippen LogP contribution in [0.1, 0.15) is 10.4 Å². The highest BCUT2D eigenvalue weighted by molar-refractivity contribution is 9.10. The zero-order valence-electron chi connectivity index (χ0n) is 13.0. The van der Waals surface area contributed by atoms with E-state index in [1.807, 2.05) is 54.6 Å². The summed E-state index contributed by atoms with van der Waals surface area (Å²) in [4.78, 5) is 28.1. The maximum atomic E-state index is 12.6. The van der Waals surface area contributed by atoms with Gasteiger partial charge in [-0.15, -0.1) is 0 Å². The molecule has 1 heterocycles. The van der Waals surface area contributed by atoms with E-state index in [-0.39, 0.29) is 0 Å². The van der Waals surface area contributed by atoms with Gasteiger partial charge in [0, 0.05) is 32.6 Å². The van der Waals surface area contributed by atoms with E-state index in [4.69, 9.17) is 0 Å². The summed E-state index contributed by atoms with van der Waals surface area (Å²) in [5.41, 5.74) is 1.80. The number of aromatic amines is 1. The number of anilines is 1. The normalized spacial score (nSPS) is 10.9. The summed E-state index contributed by atoms with van der Waals surface area (Å²) in [5, 5.41) is 5.33. The molecule has 0 aliphatic rings. The number of nitrogens with one attached hydrogen (secondary N) is 2. The van der Waals surface area contributed by atoms with E-state index in [0.717, 1.165) is 26.1 Å². The Morgan fingerprint density at radius 1 is 0.840 bits per heavy atom. The zero-order chi connectivity index (χ0) is 17.4. The number of hydrogen-bond donors (Lipinski definition) is 2. The summed E-state index contributed by atoms with van der Waals surface area (Å²) in [7, 11) is 0. The third-order valence-corrected chi connectivity index (χ3v) is 4.85. The van der Waals surface area contributed by atoms with E-state index in [0.29, 0.717) is 11.3 Å². The first kappa shape index (κ1) is 15.6. The van der Waals surface area contributed by atoms with Crippen LogP contribution in [-0.2, 0) is 4.79 Å². The van der Waals surface area contributed by atoms with E-state index < -0.39 is 11.7 Å². The minimum absolute atomic E-state index is 0.370. The maximum absolute atomic E-state index is 12.6. The van der Waals surface area contributed by atoms with Gasteiger partial charge >= 0.3 is 0 Å². The van der Waals surface area contributed by atoms with Crippen LogP contribution in [0, 0.1) is 0 Å². The molecule has 0 fully saturated rings. The van der Waals surface area contributed by atoms with Gasteiger partial charge < -0.3 is 10.3 Å². The summed E-state index contributed by atoms with van der Waals surface area (Å²) in [6.45, 7) is 0. The largest absolute Gasteiger partial charge is 0.360 e. The van der Waals surface area contributed by atoms with Crippen LogP contribution in [0.5, 0.6) is 0 Å². The lowest BCUT2D eigenvalue weighted by atomic mass is 10.1. The summed E-state index contributed by atoms with van der Waals surface area (Å²) in [6, 6.07) is 18.7. The van der Waals surface area contributed by atoms with E-state index >= 15 is 0 Å². The molecule has 1 aromatic heterocycles. The van der Waals surface area contributed by atoms with Crippen LogP contribution in [0.3, 0.4) is 0 Å². The van der Waals surface area contributed by atoms with Crippen LogP contribution in [0.2, 0.25) is 0 Å². The fourth-order valence-corrected chi connectivity index (χ4v) is 3.41. The standard InChI is InChI=1S/C20H13BrN2O2/c21-16-9-10-18(13-6-2-1-5-12(13)16)23-20(25)19(24)15-11-22-17-8-4-3-7-14(15)17/h1-11,22H,(H,23,25). The van der Waals surface area contributed by atoms with Crippen molar-refractivity contribution < 1.29 is 9.59 Å². The predicted molar refractivity (Wildman–Crippen MR) is 103 cm³/mol. The Hall–Kier alpha value is -2.92. The number of hydrogen-bond acceptors (Lipinski definition) is 2. The molecule has 0 aliphatic heterocycles. The minimum atomic E-state index is -0.655. The molecule has 25 heavy (non-hydrogen) atoms. The zero-order valence-corrected chi connectivity index (χ0v) is 14.6. The number of carbonyl (C=O) groups excluding carboxylic acids is 2. The van der Waals surface area contributed by atoms with Gasteiger partial charge in [0.1, 0.15) is 0 Å². The van der Waals surface area contributed by atoms with Gasteiger partial charge in [0.15, 0.2) is 0 Å². The van der Waals surface area contributed by atoms with Crippen molar-refractivity contribution >= 4 is 55.0 Å². The molecule has 0 aliphatic carbocycles. The Bertz CT molecular complexity index is 1130. The summed E-state index contributed by atoms with van der Waals surface area (Å²) in [6.07, 6.45) is 1.58. The molecule has 4 nitrogen and oxygen atoms in total. The van der Waals surface area contributed by atoms with Gasteiger partial charge in [0.2, 0.25) is 0 Å². The second-order valence-electron chi connectivity index (χ2n) is 5.67. The van der Waals surface area contributed by atoms with E-state index in [1.165, 1.54) is 0 Å². The molecule has 3 aromatic carbocycles. The molecule has 0 saturated heterocycles. The second kappa shape index (κ2) is 6.18. The average molecular weight is 393 g/mol. The fraction of sp³-hybridized carbons (Fsp3) is 0. The number of benzene rings is 3. The lowest BCUT2D eigenvalue weighted by Gasteiger charge is -2.09.